The van der Waals surface area contributed by atoms with Crippen LogP contribution in [0.3, 0.4) is 0 Å². The highest BCUT2D eigenvalue weighted by atomic mass is 32.2. The molecular weight excluding hydrogens is 234 g/mol. The van der Waals surface area contributed by atoms with Gasteiger partial charge in [-0.2, -0.15) is 0 Å². The van der Waals surface area contributed by atoms with E-state index in [1.165, 1.54) is 6.26 Å². The molecule has 0 aliphatic carbocycles. The Labute approximate surface area is 107 Å². The molecule has 1 unspecified atom stereocenters. The molecule has 0 aliphatic rings. The molecule has 17 heavy (non-hydrogen) atoms. The van der Waals surface area contributed by atoms with Crippen LogP contribution < -0.4 is 5.32 Å². The highest BCUT2D eigenvalue weighted by molar-refractivity contribution is 7.90. The van der Waals surface area contributed by atoms with Crippen LogP contribution in [0.15, 0.2) is 0 Å². The first-order valence-corrected chi connectivity index (χ1v) is 8.61. The van der Waals surface area contributed by atoms with E-state index in [-0.39, 0.29) is 5.41 Å². The Morgan fingerprint density at radius 1 is 1.24 bits per heavy atom. The largest absolute Gasteiger partial charge is 0.314 e. The minimum absolute atomic E-state index is 0.288. The van der Waals surface area contributed by atoms with E-state index in [1.807, 2.05) is 0 Å². The van der Waals surface area contributed by atoms with Crippen LogP contribution in [-0.2, 0) is 9.84 Å². The minimum atomic E-state index is -2.81. The fourth-order valence-corrected chi connectivity index (χ4v) is 2.65. The molecule has 0 rings (SSSR count). The molecule has 1 atom stereocenters. The van der Waals surface area contributed by atoms with Gasteiger partial charge in [0, 0.05) is 18.1 Å². The molecule has 0 aromatic carbocycles. The van der Waals surface area contributed by atoms with Gasteiger partial charge in [-0.15, -0.1) is 0 Å². The number of sulfone groups is 1. The van der Waals surface area contributed by atoms with E-state index in [0.29, 0.717) is 11.8 Å². The van der Waals surface area contributed by atoms with Crippen molar-refractivity contribution < 1.29 is 8.42 Å². The lowest BCUT2D eigenvalue weighted by atomic mass is 9.86. The predicted octanol–water partition coefficient (Wildman–Crippen LogP) is 2.62. The molecule has 0 amide bonds. The average Bonchev–Trinajstić information content (AvgIpc) is 2.09. The Morgan fingerprint density at radius 2 is 1.82 bits per heavy atom. The topological polar surface area (TPSA) is 46.2 Å². The number of nitrogens with one attached hydrogen (secondary N) is 1. The van der Waals surface area contributed by atoms with Gasteiger partial charge in [-0.3, -0.25) is 0 Å². The van der Waals surface area contributed by atoms with Crippen LogP contribution in [0.5, 0.6) is 0 Å². The monoisotopic (exact) mass is 263 g/mol. The second-order valence-corrected chi connectivity index (χ2v) is 8.45. The fraction of sp³-hybridized carbons (Fsp3) is 1.00. The van der Waals surface area contributed by atoms with Gasteiger partial charge in [0.05, 0.1) is 0 Å². The van der Waals surface area contributed by atoms with Crippen LogP contribution in [0.1, 0.15) is 53.4 Å². The molecule has 3 nitrogen and oxygen atoms in total. The van der Waals surface area contributed by atoms with Gasteiger partial charge >= 0.3 is 0 Å². The zero-order chi connectivity index (χ0) is 13.5. The Bertz CT molecular complexity index is 291. The quantitative estimate of drug-likeness (QED) is 0.732. The maximum atomic E-state index is 11.1. The summed E-state index contributed by atoms with van der Waals surface area (Å²) >= 11 is 0. The molecule has 0 saturated carbocycles. The summed E-state index contributed by atoms with van der Waals surface area (Å²) < 4.78 is 22.2. The Kier molecular flexibility index (Phi) is 7.33. The van der Waals surface area contributed by atoms with E-state index in [0.717, 1.165) is 32.2 Å². The van der Waals surface area contributed by atoms with Crippen molar-refractivity contribution in [3.63, 3.8) is 0 Å². The van der Waals surface area contributed by atoms with Crippen molar-refractivity contribution in [2.45, 2.75) is 59.4 Å². The molecular formula is C13H29NO2S. The second-order valence-electron chi connectivity index (χ2n) is 6.19. The van der Waals surface area contributed by atoms with Crippen molar-refractivity contribution in [2.75, 3.05) is 18.6 Å². The fourth-order valence-electron chi connectivity index (χ4n) is 1.96. The third-order valence-electron chi connectivity index (χ3n) is 2.61. The zero-order valence-corrected chi connectivity index (χ0v) is 12.9. The summed E-state index contributed by atoms with van der Waals surface area (Å²) in [6.07, 6.45) is 5.23. The lowest BCUT2D eigenvalue weighted by Crippen LogP contribution is -2.33. The lowest BCUT2D eigenvalue weighted by Gasteiger charge is -2.27. The number of hydrogen-bond donors (Lipinski definition) is 1. The summed E-state index contributed by atoms with van der Waals surface area (Å²) in [7, 11) is -2.81. The normalized spacial score (nSPS) is 14.9. The van der Waals surface area contributed by atoms with Crippen molar-refractivity contribution in [1.82, 2.24) is 5.32 Å². The van der Waals surface area contributed by atoms with E-state index in [2.05, 4.69) is 33.0 Å². The van der Waals surface area contributed by atoms with Crippen LogP contribution in [0.4, 0.5) is 0 Å². The van der Waals surface area contributed by atoms with Crippen molar-refractivity contribution in [3.05, 3.63) is 0 Å². The molecule has 0 fully saturated rings. The van der Waals surface area contributed by atoms with Gasteiger partial charge in [0.1, 0.15) is 9.84 Å². The third-order valence-corrected chi connectivity index (χ3v) is 3.64. The van der Waals surface area contributed by atoms with Gasteiger partial charge < -0.3 is 5.32 Å². The van der Waals surface area contributed by atoms with Crippen LogP contribution in [0.2, 0.25) is 0 Å². The summed E-state index contributed by atoms with van der Waals surface area (Å²) in [6.45, 7) is 9.84. The van der Waals surface area contributed by atoms with Crippen molar-refractivity contribution in [2.24, 2.45) is 5.41 Å². The van der Waals surface area contributed by atoms with Crippen LogP contribution >= 0.6 is 0 Å². The van der Waals surface area contributed by atoms with Gasteiger partial charge in [-0.25, -0.2) is 8.42 Å². The maximum Gasteiger partial charge on any atom is 0.147 e. The van der Waals surface area contributed by atoms with E-state index >= 15 is 0 Å². The summed E-state index contributed by atoms with van der Waals surface area (Å²) in [5, 5.41) is 3.52. The Morgan fingerprint density at radius 3 is 2.24 bits per heavy atom. The van der Waals surface area contributed by atoms with E-state index in [9.17, 15) is 8.42 Å². The second kappa shape index (κ2) is 7.37. The summed E-state index contributed by atoms with van der Waals surface area (Å²) in [6, 6.07) is 0.441. The Hall–Kier alpha value is -0.0900. The van der Waals surface area contributed by atoms with Gasteiger partial charge in [0.25, 0.3) is 0 Å². The van der Waals surface area contributed by atoms with E-state index < -0.39 is 9.84 Å². The van der Waals surface area contributed by atoms with Gasteiger partial charge in [-0.1, -0.05) is 27.7 Å². The standard InChI is InChI=1S/C13H29NO2S/c1-6-9-14-12(11-13(2,3)4)8-7-10-17(5,15)16/h12,14H,6-11H2,1-5H3. The molecule has 0 aliphatic heterocycles. The minimum Gasteiger partial charge on any atom is -0.314 e. The molecule has 0 aromatic rings. The summed E-state index contributed by atoms with van der Waals surface area (Å²) in [5.74, 6) is 0.307. The molecule has 1 N–H and O–H groups in total. The predicted molar refractivity (Wildman–Crippen MR) is 75.1 cm³/mol. The highest BCUT2D eigenvalue weighted by Crippen LogP contribution is 2.22. The first kappa shape index (κ1) is 16.9. The Balaban J connectivity index is 4.10. The first-order valence-electron chi connectivity index (χ1n) is 6.55. The van der Waals surface area contributed by atoms with Crippen LogP contribution in [0, 0.1) is 5.41 Å². The first-order chi connectivity index (χ1) is 7.64. The molecule has 104 valence electrons. The van der Waals surface area contributed by atoms with Gasteiger partial charge in [0.2, 0.25) is 0 Å². The zero-order valence-electron chi connectivity index (χ0n) is 12.0. The van der Waals surface area contributed by atoms with E-state index in [4.69, 9.17) is 0 Å². The van der Waals surface area contributed by atoms with Crippen molar-refractivity contribution in [3.8, 4) is 0 Å². The van der Waals surface area contributed by atoms with Crippen LogP contribution in [-0.4, -0.2) is 33.0 Å². The number of rotatable bonds is 8. The number of hydrogen-bond acceptors (Lipinski definition) is 3. The average molecular weight is 263 g/mol. The summed E-state index contributed by atoms with van der Waals surface area (Å²) in [4.78, 5) is 0. The maximum absolute atomic E-state index is 11.1. The third kappa shape index (κ3) is 12.2. The lowest BCUT2D eigenvalue weighted by molar-refractivity contribution is 0.297. The molecule has 0 radical (unpaired) electrons. The smallest absolute Gasteiger partial charge is 0.147 e. The van der Waals surface area contributed by atoms with E-state index in [1.54, 1.807) is 0 Å². The van der Waals surface area contributed by atoms with Crippen molar-refractivity contribution >= 4 is 9.84 Å². The molecule has 0 heterocycles. The van der Waals surface area contributed by atoms with Gasteiger partial charge in [0.15, 0.2) is 0 Å². The molecule has 0 saturated heterocycles. The SMILES string of the molecule is CCCNC(CCCS(C)(=O)=O)CC(C)(C)C. The molecule has 4 heteroatoms. The van der Waals surface area contributed by atoms with Crippen molar-refractivity contribution in [1.29, 1.82) is 0 Å². The van der Waals surface area contributed by atoms with Gasteiger partial charge in [-0.05, 0) is 37.6 Å². The molecule has 0 aromatic heterocycles. The highest BCUT2D eigenvalue weighted by Gasteiger charge is 2.18. The molecule has 0 spiro atoms. The summed E-state index contributed by atoms with van der Waals surface area (Å²) in [5.41, 5.74) is 0.288. The van der Waals surface area contributed by atoms with Crippen LogP contribution in [0.25, 0.3) is 0 Å². The molecule has 0 bridgehead atoms.